The van der Waals surface area contributed by atoms with E-state index in [1.54, 1.807) is 0 Å². The lowest BCUT2D eigenvalue weighted by Crippen LogP contribution is -2.58. The van der Waals surface area contributed by atoms with Crippen molar-refractivity contribution < 1.29 is 19.4 Å². The third kappa shape index (κ3) is 2.10. The molecule has 0 bridgehead atoms. The summed E-state index contributed by atoms with van der Waals surface area (Å²) in [5.74, 6) is 4.42. The number of rotatable bonds is 4. The summed E-state index contributed by atoms with van der Waals surface area (Å²) >= 11 is 0. The first-order valence-corrected chi connectivity index (χ1v) is 11.8. The Kier molecular flexibility index (Phi) is 3.56. The van der Waals surface area contributed by atoms with E-state index in [-0.39, 0.29) is 22.9 Å². The summed E-state index contributed by atoms with van der Waals surface area (Å²) in [6.07, 6.45) is 9.53. The van der Waals surface area contributed by atoms with Crippen LogP contribution in [0.25, 0.3) is 0 Å². The predicted octanol–water partition coefficient (Wildman–Crippen LogP) is 4.48. The van der Waals surface area contributed by atoms with Crippen molar-refractivity contribution in [2.45, 2.75) is 70.8 Å². The highest BCUT2D eigenvalue weighted by Gasteiger charge is 2.79. The van der Waals surface area contributed by atoms with Gasteiger partial charge in [0.1, 0.15) is 0 Å². The lowest BCUT2D eigenvalue weighted by Gasteiger charge is -2.60. The maximum atomic E-state index is 12.2. The summed E-state index contributed by atoms with van der Waals surface area (Å²) < 4.78 is 6.33. The highest BCUT2D eigenvalue weighted by Crippen LogP contribution is 2.81. The first-order valence-electron chi connectivity index (χ1n) is 11.8. The highest BCUT2D eigenvalue weighted by atomic mass is 16.5. The predicted molar refractivity (Wildman–Crippen MR) is 108 cm³/mol. The molecule has 5 fully saturated rings. The summed E-state index contributed by atoms with van der Waals surface area (Å²) in [4.78, 5) is 23.6. The molecule has 1 N–H and O–H groups in total. The first kappa shape index (κ1) is 18.6. The van der Waals surface area contributed by atoms with Crippen LogP contribution in [0.15, 0.2) is 11.6 Å². The van der Waals surface area contributed by atoms with Crippen LogP contribution in [0.3, 0.4) is 0 Å². The average molecular weight is 399 g/mol. The smallest absolute Gasteiger partial charge is 0.303 e. The number of hydrogen-bond acceptors (Lipinski definition) is 3. The number of allylic oxidation sites excluding steroid dienone is 1. The summed E-state index contributed by atoms with van der Waals surface area (Å²) in [5, 5.41) is 9.40. The van der Waals surface area contributed by atoms with Gasteiger partial charge in [-0.1, -0.05) is 19.4 Å². The minimum atomic E-state index is -0.701. The number of carboxylic acid groups (broad SMARTS) is 1. The number of fused-ring (bicyclic) bond motifs is 10. The van der Waals surface area contributed by atoms with Crippen molar-refractivity contribution in [1.29, 1.82) is 0 Å². The second-order valence-electron chi connectivity index (χ2n) is 11.6. The highest BCUT2D eigenvalue weighted by molar-refractivity contribution is 5.92. The second-order valence-corrected chi connectivity index (χ2v) is 11.6. The molecule has 0 aliphatic heterocycles. The topological polar surface area (TPSA) is 63.6 Å². The number of hydrogen-bond donors (Lipinski definition) is 1. The Bertz CT molecular complexity index is 831. The van der Waals surface area contributed by atoms with E-state index in [1.165, 1.54) is 24.8 Å². The molecule has 6 aliphatic rings. The van der Waals surface area contributed by atoms with Crippen molar-refractivity contribution in [3.05, 3.63) is 11.6 Å². The van der Waals surface area contributed by atoms with Gasteiger partial charge in [0.15, 0.2) is 5.78 Å². The van der Waals surface area contributed by atoms with Crippen molar-refractivity contribution in [2.75, 3.05) is 7.11 Å². The lowest BCUT2D eigenvalue weighted by atomic mass is 9.45. The third-order valence-corrected chi connectivity index (χ3v) is 10.9. The van der Waals surface area contributed by atoms with E-state index in [2.05, 4.69) is 13.8 Å². The fourth-order valence-electron chi connectivity index (χ4n) is 9.74. The number of methoxy groups -OCH3 is 1. The van der Waals surface area contributed by atoms with Crippen molar-refractivity contribution >= 4 is 11.8 Å². The molecule has 6 aliphatic carbocycles. The van der Waals surface area contributed by atoms with Crippen LogP contribution in [0, 0.1) is 52.3 Å². The molecule has 0 heterocycles. The first-order chi connectivity index (χ1) is 13.8. The summed E-state index contributed by atoms with van der Waals surface area (Å²) in [7, 11) is 1.84. The number of ketones is 1. The van der Waals surface area contributed by atoms with Gasteiger partial charge in [-0.2, -0.15) is 0 Å². The number of ether oxygens (including phenoxy) is 1. The van der Waals surface area contributed by atoms with Crippen LogP contribution in [0.2, 0.25) is 0 Å². The van der Waals surface area contributed by atoms with Gasteiger partial charge in [0.05, 0.1) is 5.60 Å². The van der Waals surface area contributed by atoms with E-state index in [4.69, 9.17) is 4.74 Å². The van der Waals surface area contributed by atoms with Gasteiger partial charge in [0, 0.05) is 25.4 Å². The van der Waals surface area contributed by atoms with E-state index in [0.717, 1.165) is 37.0 Å². The third-order valence-electron chi connectivity index (χ3n) is 10.9. The molecule has 0 saturated heterocycles. The van der Waals surface area contributed by atoms with E-state index in [1.807, 2.05) is 13.2 Å². The van der Waals surface area contributed by atoms with Crippen LogP contribution >= 0.6 is 0 Å². The van der Waals surface area contributed by atoms with Gasteiger partial charge in [-0.3, -0.25) is 9.59 Å². The van der Waals surface area contributed by atoms with Gasteiger partial charge in [0.25, 0.3) is 0 Å². The Morgan fingerprint density at radius 1 is 1.21 bits per heavy atom. The second kappa shape index (κ2) is 5.55. The van der Waals surface area contributed by atoms with Crippen LogP contribution < -0.4 is 0 Å². The Balaban J connectivity index is 1.40. The van der Waals surface area contributed by atoms with Gasteiger partial charge in [-0.15, -0.1) is 0 Å². The molecule has 0 aromatic heterocycles. The molecule has 5 saturated carbocycles. The molecule has 4 nitrogen and oxygen atoms in total. The normalized spacial score (nSPS) is 56.3. The van der Waals surface area contributed by atoms with Crippen molar-refractivity contribution in [3.63, 3.8) is 0 Å². The summed E-state index contributed by atoms with van der Waals surface area (Å²) in [5.41, 5.74) is 1.55. The Morgan fingerprint density at radius 2 is 2.00 bits per heavy atom. The van der Waals surface area contributed by atoms with Crippen LogP contribution in [0.1, 0.15) is 65.2 Å². The van der Waals surface area contributed by atoms with E-state index in [0.29, 0.717) is 35.9 Å². The van der Waals surface area contributed by atoms with Gasteiger partial charge < -0.3 is 9.84 Å². The van der Waals surface area contributed by atoms with Crippen molar-refractivity contribution in [1.82, 2.24) is 0 Å². The van der Waals surface area contributed by atoms with Crippen molar-refractivity contribution in [3.8, 4) is 0 Å². The van der Waals surface area contributed by atoms with Crippen LogP contribution in [-0.2, 0) is 14.3 Å². The average Bonchev–Trinajstić information content (AvgIpc) is 3.58. The molecule has 0 radical (unpaired) electrons. The SMILES string of the molecule is CO[C@@]1(CCC(=O)O)[C@H]2C[C@H]2C2C3C(CC[C@@]21C)[C@@]1(C)CCC(=O)C=C1[C@@H]1C[C@H]31. The van der Waals surface area contributed by atoms with Gasteiger partial charge in [-0.25, -0.2) is 0 Å². The largest absolute Gasteiger partial charge is 0.481 e. The monoisotopic (exact) mass is 398 g/mol. The molecular formula is C25H34O4. The van der Waals surface area contributed by atoms with Crippen molar-refractivity contribution in [2.24, 2.45) is 52.3 Å². The molecule has 0 aromatic rings. The summed E-state index contributed by atoms with van der Waals surface area (Å²) in [6.45, 7) is 4.91. The molecule has 10 atom stereocenters. The molecule has 158 valence electrons. The standard InChI is InChI=1S/C25H34O4/c1-23-7-4-13(26)10-18(23)14-11-15(14)21-17(23)5-8-24(2)22(21)16-12-19(16)25(24,29-3)9-6-20(27)28/h10,14-17,19,21-22H,4-9,11-12H2,1-3H3,(H,27,28)/t14-,15+,16-,17?,19+,21?,22?,23-,24+,25+/m1/s1. The molecular weight excluding hydrogens is 364 g/mol. The van der Waals surface area contributed by atoms with E-state index in [9.17, 15) is 14.7 Å². The molecule has 0 spiro atoms. The molecule has 6 rings (SSSR count). The Hall–Kier alpha value is -1.16. The minimum absolute atomic E-state index is 0.0984. The Morgan fingerprint density at radius 3 is 2.72 bits per heavy atom. The zero-order valence-corrected chi connectivity index (χ0v) is 17.9. The molecule has 29 heavy (non-hydrogen) atoms. The van der Waals surface area contributed by atoms with E-state index < -0.39 is 5.97 Å². The van der Waals surface area contributed by atoms with Crippen LogP contribution in [0.5, 0.6) is 0 Å². The Labute approximate surface area is 173 Å². The maximum absolute atomic E-state index is 12.2. The van der Waals surface area contributed by atoms with Gasteiger partial charge in [0.2, 0.25) is 0 Å². The molecule has 4 heteroatoms. The molecule has 0 amide bonds. The fraction of sp³-hybridized carbons (Fsp3) is 0.840. The van der Waals surface area contributed by atoms with Crippen LogP contribution in [0.4, 0.5) is 0 Å². The summed E-state index contributed by atoms with van der Waals surface area (Å²) in [6, 6.07) is 0. The fourth-order valence-corrected chi connectivity index (χ4v) is 9.74. The minimum Gasteiger partial charge on any atom is -0.481 e. The molecule has 3 unspecified atom stereocenters. The zero-order chi connectivity index (χ0) is 20.3. The zero-order valence-electron chi connectivity index (χ0n) is 17.9. The number of aliphatic carboxylic acids is 1. The van der Waals surface area contributed by atoms with E-state index >= 15 is 0 Å². The number of carboxylic acids is 1. The quantitative estimate of drug-likeness (QED) is 0.758. The lowest BCUT2D eigenvalue weighted by molar-refractivity contribution is -0.173. The van der Waals surface area contributed by atoms with Crippen LogP contribution in [-0.4, -0.2) is 29.6 Å². The molecule has 0 aromatic carbocycles. The van der Waals surface area contributed by atoms with Gasteiger partial charge in [-0.05, 0) is 91.4 Å². The van der Waals surface area contributed by atoms with Gasteiger partial charge >= 0.3 is 5.97 Å². The maximum Gasteiger partial charge on any atom is 0.303 e. The number of carbonyl (C=O) groups excluding carboxylic acids is 1. The number of carbonyl (C=O) groups is 2.